The van der Waals surface area contributed by atoms with E-state index >= 15 is 0 Å². The number of carbonyl (C=O) groups excluding carboxylic acids is 2. The van der Waals surface area contributed by atoms with E-state index in [0.29, 0.717) is 28.4 Å². The van der Waals surface area contributed by atoms with E-state index in [0.717, 1.165) is 17.1 Å². The fourth-order valence-corrected chi connectivity index (χ4v) is 3.74. The molecule has 2 aromatic heterocycles. The Morgan fingerprint density at radius 2 is 1.91 bits per heavy atom. The number of benzene rings is 2. The molecule has 10 heteroatoms. The number of nitrogens with zero attached hydrogens (tertiary/aromatic N) is 2. The van der Waals surface area contributed by atoms with Crippen LogP contribution in [-0.2, 0) is 13.0 Å². The van der Waals surface area contributed by atoms with Crippen LogP contribution < -0.4 is 15.4 Å². The van der Waals surface area contributed by atoms with Gasteiger partial charge in [0.1, 0.15) is 23.9 Å². The van der Waals surface area contributed by atoms with E-state index in [1.165, 1.54) is 24.3 Å². The molecule has 2 N–H and O–H groups in total. The number of hydrogen-bond donors (Lipinski definition) is 2. The first-order chi connectivity index (χ1) is 16.5. The van der Waals surface area contributed by atoms with Gasteiger partial charge in [-0.2, -0.15) is 0 Å². The van der Waals surface area contributed by atoms with Crippen LogP contribution in [0, 0.1) is 5.82 Å². The van der Waals surface area contributed by atoms with Crippen LogP contribution in [-0.4, -0.2) is 28.1 Å². The molecule has 2 aromatic carbocycles. The lowest BCUT2D eigenvalue weighted by Gasteiger charge is -2.13. The highest BCUT2D eigenvalue weighted by Crippen LogP contribution is 2.18. The molecule has 0 spiro atoms. The van der Waals surface area contributed by atoms with E-state index in [4.69, 9.17) is 9.15 Å². The lowest BCUT2D eigenvalue weighted by molar-refractivity contribution is 0.0938. The van der Waals surface area contributed by atoms with Gasteiger partial charge in [-0.1, -0.05) is 17.4 Å². The Bertz CT molecular complexity index is 1260. The molecule has 2 heterocycles. The minimum absolute atomic E-state index is 0.0996. The van der Waals surface area contributed by atoms with E-state index < -0.39 is 5.91 Å². The summed E-state index contributed by atoms with van der Waals surface area (Å²) in [6.07, 6.45) is 2.16. The van der Waals surface area contributed by atoms with Gasteiger partial charge in [0.15, 0.2) is 5.01 Å². The van der Waals surface area contributed by atoms with Crippen molar-refractivity contribution in [3.05, 3.63) is 94.1 Å². The van der Waals surface area contributed by atoms with Crippen molar-refractivity contribution in [3.8, 4) is 5.75 Å². The van der Waals surface area contributed by atoms with Gasteiger partial charge in [0.2, 0.25) is 5.01 Å². The third-order valence-electron chi connectivity index (χ3n) is 4.68. The van der Waals surface area contributed by atoms with Crippen molar-refractivity contribution in [1.82, 2.24) is 15.5 Å². The van der Waals surface area contributed by atoms with Crippen LogP contribution in [0.1, 0.15) is 37.9 Å². The van der Waals surface area contributed by atoms with Crippen molar-refractivity contribution in [1.29, 1.82) is 0 Å². The maximum absolute atomic E-state index is 13.0. The molecule has 0 fully saturated rings. The summed E-state index contributed by atoms with van der Waals surface area (Å²) in [6, 6.07) is 15.7. The number of amides is 2. The predicted octanol–water partition coefficient (Wildman–Crippen LogP) is 4.46. The van der Waals surface area contributed by atoms with Crippen molar-refractivity contribution in [2.24, 2.45) is 0 Å². The van der Waals surface area contributed by atoms with Crippen molar-refractivity contribution in [2.45, 2.75) is 26.0 Å². The summed E-state index contributed by atoms with van der Waals surface area (Å²) < 4.78 is 23.8. The fraction of sp³-hybridized carbons (Fsp3) is 0.167. The molecule has 0 aliphatic heterocycles. The van der Waals surface area contributed by atoms with Crippen molar-refractivity contribution >= 4 is 28.8 Å². The van der Waals surface area contributed by atoms with Crippen LogP contribution >= 0.6 is 11.3 Å². The Labute approximate surface area is 198 Å². The zero-order valence-corrected chi connectivity index (χ0v) is 19.0. The summed E-state index contributed by atoms with van der Waals surface area (Å²) in [6.45, 7) is 1.99. The summed E-state index contributed by atoms with van der Waals surface area (Å²) in [5, 5.41) is 14.1. The number of furan rings is 1. The van der Waals surface area contributed by atoms with Gasteiger partial charge in [-0.25, -0.2) is 4.39 Å². The van der Waals surface area contributed by atoms with E-state index in [2.05, 4.69) is 20.8 Å². The molecule has 4 rings (SSSR count). The third kappa shape index (κ3) is 6.26. The molecule has 1 atom stereocenters. The van der Waals surface area contributed by atoms with Gasteiger partial charge in [-0.3, -0.25) is 9.59 Å². The first-order valence-corrected chi connectivity index (χ1v) is 11.2. The maximum Gasteiger partial charge on any atom is 0.286 e. The first-order valence-electron chi connectivity index (χ1n) is 10.4. The summed E-state index contributed by atoms with van der Waals surface area (Å²) in [5.41, 5.74) is 0.866. The number of carbonyl (C=O) groups is 2. The maximum atomic E-state index is 13.0. The molecule has 0 radical (unpaired) electrons. The fourth-order valence-electron chi connectivity index (χ4n) is 3.09. The second kappa shape index (κ2) is 10.7. The van der Waals surface area contributed by atoms with Gasteiger partial charge >= 0.3 is 0 Å². The summed E-state index contributed by atoms with van der Waals surface area (Å²) >= 11 is 1.08. The lowest BCUT2D eigenvalue weighted by atomic mass is 10.1. The SMILES string of the molecule is CC(Cc1ccco1)NC(=O)c1cccc(NC(=O)c2nnc(COc3ccc(F)cc3)s2)c1. The van der Waals surface area contributed by atoms with Gasteiger partial charge in [0.25, 0.3) is 11.8 Å². The average Bonchev–Trinajstić information content (AvgIpc) is 3.51. The monoisotopic (exact) mass is 480 g/mol. The predicted molar refractivity (Wildman–Crippen MR) is 124 cm³/mol. The zero-order chi connectivity index (χ0) is 23.9. The zero-order valence-electron chi connectivity index (χ0n) is 18.2. The average molecular weight is 481 g/mol. The molecular weight excluding hydrogens is 459 g/mol. The van der Waals surface area contributed by atoms with Crippen LogP contribution in [0.4, 0.5) is 10.1 Å². The Kier molecular flexibility index (Phi) is 7.28. The quantitative estimate of drug-likeness (QED) is 0.366. The van der Waals surface area contributed by atoms with Crippen LogP contribution in [0.3, 0.4) is 0 Å². The standard InChI is InChI=1S/C24H21FN4O4S/c1-15(12-20-6-3-11-32-20)26-22(30)16-4-2-5-18(13-16)27-23(31)24-29-28-21(34-24)14-33-19-9-7-17(25)8-10-19/h2-11,13,15H,12,14H2,1H3,(H,26,30)(H,27,31). The Morgan fingerprint density at radius 1 is 1.09 bits per heavy atom. The van der Waals surface area contributed by atoms with Crippen LogP contribution in [0.2, 0.25) is 0 Å². The topological polar surface area (TPSA) is 106 Å². The highest BCUT2D eigenvalue weighted by atomic mass is 32.1. The summed E-state index contributed by atoms with van der Waals surface area (Å²) in [7, 11) is 0. The van der Waals surface area contributed by atoms with Crippen molar-refractivity contribution in [3.63, 3.8) is 0 Å². The van der Waals surface area contributed by atoms with Crippen LogP contribution in [0.15, 0.2) is 71.3 Å². The molecule has 0 aliphatic carbocycles. The number of nitrogens with one attached hydrogen (secondary N) is 2. The highest BCUT2D eigenvalue weighted by Gasteiger charge is 2.16. The molecule has 1 unspecified atom stereocenters. The molecule has 0 saturated heterocycles. The van der Waals surface area contributed by atoms with E-state index in [-0.39, 0.29) is 29.4 Å². The number of rotatable bonds is 9. The highest BCUT2D eigenvalue weighted by molar-refractivity contribution is 7.13. The number of halogens is 1. The molecule has 0 aliphatic rings. The van der Waals surface area contributed by atoms with E-state index in [9.17, 15) is 14.0 Å². The number of ether oxygens (including phenoxy) is 1. The minimum Gasteiger partial charge on any atom is -0.486 e. The second-order valence-electron chi connectivity index (χ2n) is 7.44. The molecule has 4 aromatic rings. The number of aromatic nitrogens is 2. The molecule has 0 saturated carbocycles. The largest absolute Gasteiger partial charge is 0.486 e. The number of hydrogen-bond acceptors (Lipinski definition) is 7. The Morgan fingerprint density at radius 3 is 2.68 bits per heavy atom. The third-order valence-corrected chi connectivity index (χ3v) is 5.58. The summed E-state index contributed by atoms with van der Waals surface area (Å²) in [4.78, 5) is 25.2. The second-order valence-corrected chi connectivity index (χ2v) is 8.50. The molecule has 2 amide bonds. The van der Waals surface area contributed by atoms with Crippen LogP contribution in [0.25, 0.3) is 0 Å². The molecule has 0 bridgehead atoms. The van der Waals surface area contributed by atoms with Gasteiger partial charge < -0.3 is 19.8 Å². The van der Waals surface area contributed by atoms with Gasteiger partial charge in [0, 0.05) is 23.7 Å². The summed E-state index contributed by atoms with van der Waals surface area (Å²) in [5.74, 6) is 0.206. The molecular formula is C24H21FN4O4S. The molecule has 8 nitrogen and oxygen atoms in total. The Hall–Kier alpha value is -4.05. The van der Waals surface area contributed by atoms with Gasteiger partial charge in [-0.05, 0) is 61.5 Å². The van der Waals surface area contributed by atoms with Crippen LogP contribution in [0.5, 0.6) is 5.75 Å². The van der Waals surface area contributed by atoms with Crippen molar-refractivity contribution < 1.29 is 23.1 Å². The van der Waals surface area contributed by atoms with Gasteiger partial charge in [0.05, 0.1) is 6.26 Å². The molecule has 174 valence electrons. The number of anilines is 1. The van der Waals surface area contributed by atoms with E-state index in [1.54, 1.807) is 36.6 Å². The lowest BCUT2D eigenvalue weighted by Crippen LogP contribution is -2.34. The molecule has 34 heavy (non-hydrogen) atoms. The van der Waals surface area contributed by atoms with E-state index in [1.807, 2.05) is 13.0 Å². The van der Waals surface area contributed by atoms with Gasteiger partial charge in [-0.15, -0.1) is 10.2 Å². The normalized spacial score (nSPS) is 11.6. The Balaban J connectivity index is 1.32. The first kappa shape index (κ1) is 23.1. The minimum atomic E-state index is -0.450. The van der Waals surface area contributed by atoms with Crippen molar-refractivity contribution in [2.75, 3.05) is 5.32 Å². The smallest absolute Gasteiger partial charge is 0.286 e.